The van der Waals surface area contributed by atoms with Crippen LogP contribution in [0.3, 0.4) is 0 Å². The highest BCUT2D eigenvalue weighted by molar-refractivity contribution is 7.80. The Kier molecular flexibility index (Phi) is 13.1. The molecule has 0 aliphatic heterocycles. The number of carbonyl (C=O) groups is 3. The van der Waals surface area contributed by atoms with Gasteiger partial charge in [-0.25, -0.2) is 0 Å². The number of amides is 3. The van der Waals surface area contributed by atoms with Crippen LogP contribution in [-0.2, 0) is 14.4 Å². The summed E-state index contributed by atoms with van der Waals surface area (Å²) in [5, 5.41) is 17.7. The van der Waals surface area contributed by atoms with Gasteiger partial charge in [0.05, 0.1) is 0 Å². The van der Waals surface area contributed by atoms with E-state index in [1.807, 2.05) is 18.2 Å². The Balaban J connectivity index is 2.08. The van der Waals surface area contributed by atoms with Crippen LogP contribution >= 0.6 is 12.6 Å². The number of imide groups is 1. The zero-order valence-corrected chi connectivity index (χ0v) is 22.4. The van der Waals surface area contributed by atoms with E-state index in [4.69, 9.17) is 5.41 Å². The zero-order valence-electron chi connectivity index (χ0n) is 21.5. The number of nitrogens with one attached hydrogen (secondary N) is 4. The molecular formula is C27H38FN5O3S. The Morgan fingerprint density at radius 3 is 2.70 bits per heavy atom. The van der Waals surface area contributed by atoms with E-state index in [-0.39, 0.29) is 37.1 Å². The van der Waals surface area contributed by atoms with Crippen LogP contribution in [0.15, 0.2) is 42.0 Å². The maximum atomic E-state index is 13.1. The molecule has 1 aliphatic carbocycles. The monoisotopic (exact) mass is 531 g/mol. The highest BCUT2D eigenvalue weighted by atomic mass is 32.1. The first-order chi connectivity index (χ1) is 17.8. The van der Waals surface area contributed by atoms with Crippen LogP contribution in [0.4, 0.5) is 10.2 Å². The minimum atomic E-state index is -0.916. The third-order valence-corrected chi connectivity index (χ3v) is 7.08. The quantitative estimate of drug-likeness (QED) is 0.0691. The molecule has 10 heteroatoms. The molecule has 4 N–H and O–H groups in total. The van der Waals surface area contributed by atoms with Crippen LogP contribution < -0.4 is 16.0 Å². The molecule has 8 nitrogen and oxygen atoms in total. The predicted molar refractivity (Wildman–Crippen MR) is 149 cm³/mol. The van der Waals surface area contributed by atoms with Crippen molar-refractivity contribution in [2.24, 2.45) is 5.92 Å². The van der Waals surface area contributed by atoms with Gasteiger partial charge >= 0.3 is 0 Å². The number of hydrogen-bond acceptors (Lipinski definition) is 7. The van der Waals surface area contributed by atoms with Gasteiger partial charge in [0, 0.05) is 48.8 Å². The first-order valence-corrected chi connectivity index (χ1v) is 13.2. The summed E-state index contributed by atoms with van der Waals surface area (Å²) in [6.45, 7) is 3.18. The van der Waals surface area contributed by atoms with Gasteiger partial charge in [0.1, 0.15) is 0 Å². The third-order valence-electron chi connectivity index (χ3n) is 6.67. The molecule has 0 heterocycles. The summed E-state index contributed by atoms with van der Waals surface area (Å²) in [6, 6.07) is 6.22. The van der Waals surface area contributed by atoms with Crippen molar-refractivity contribution >= 4 is 42.8 Å². The maximum absolute atomic E-state index is 13.1. The van der Waals surface area contributed by atoms with Gasteiger partial charge in [0.15, 0.2) is 0 Å². The molecule has 0 fully saturated rings. The summed E-state index contributed by atoms with van der Waals surface area (Å²) in [6.07, 6.45) is 9.57. The molecule has 37 heavy (non-hydrogen) atoms. The number of halogens is 1. The fraction of sp³-hybridized carbons (Fsp3) is 0.481. The molecule has 1 aromatic rings. The SMILES string of the molecule is CNc1cc(C(CCNC=O)CCNC2C=CC=C(CS)C2)ccc1C(=N)C(C)CCC(=O)N(F)C=O. The third kappa shape index (κ3) is 9.44. The predicted octanol–water partition coefficient (Wildman–Crippen LogP) is 3.77. The number of thiol groups is 1. The van der Waals surface area contributed by atoms with Gasteiger partial charge in [0.25, 0.3) is 5.91 Å². The molecule has 0 aromatic heterocycles. The van der Waals surface area contributed by atoms with Gasteiger partial charge in [0.2, 0.25) is 12.8 Å². The molecule has 3 atom stereocenters. The van der Waals surface area contributed by atoms with Gasteiger partial charge in [-0.15, -0.1) is 5.12 Å². The number of benzene rings is 1. The second kappa shape index (κ2) is 16.0. The highest BCUT2D eigenvalue weighted by Crippen LogP contribution is 2.29. The molecule has 1 aromatic carbocycles. The van der Waals surface area contributed by atoms with Gasteiger partial charge in [-0.1, -0.05) is 47.3 Å². The van der Waals surface area contributed by atoms with Gasteiger partial charge in [-0.2, -0.15) is 12.6 Å². The fourth-order valence-corrected chi connectivity index (χ4v) is 4.65. The van der Waals surface area contributed by atoms with Crippen molar-refractivity contribution in [3.05, 3.63) is 53.1 Å². The Hall–Kier alpha value is -2.98. The van der Waals surface area contributed by atoms with Crippen molar-refractivity contribution in [1.29, 1.82) is 5.41 Å². The van der Waals surface area contributed by atoms with E-state index in [1.165, 1.54) is 5.57 Å². The van der Waals surface area contributed by atoms with Crippen LogP contribution in [0.25, 0.3) is 0 Å². The summed E-state index contributed by atoms with van der Waals surface area (Å²) in [7, 11) is 1.79. The normalized spacial score (nSPS) is 16.3. The minimum Gasteiger partial charge on any atom is -0.388 e. The maximum Gasteiger partial charge on any atom is 0.257 e. The molecule has 0 saturated carbocycles. The Morgan fingerprint density at radius 1 is 1.27 bits per heavy atom. The molecule has 1 aliphatic rings. The van der Waals surface area contributed by atoms with E-state index in [1.54, 1.807) is 14.0 Å². The second-order valence-electron chi connectivity index (χ2n) is 9.20. The number of allylic oxidation sites excluding steroid dienone is 2. The van der Waals surface area contributed by atoms with Crippen molar-refractivity contribution in [3.63, 3.8) is 0 Å². The molecule has 2 rings (SSSR count). The molecule has 0 spiro atoms. The number of anilines is 1. The molecule has 3 unspecified atom stereocenters. The van der Waals surface area contributed by atoms with Crippen LogP contribution in [0.1, 0.15) is 56.1 Å². The van der Waals surface area contributed by atoms with Crippen molar-refractivity contribution < 1.29 is 18.9 Å². The summed E-state index contributed by atoms with van der Waals surface area (Å²) in [5.74, 6) is -0.283. The van der Waals surface area contributed by atoms with Gasteiger partial charge in [-0.3, -0.25) is 14.4 Å². The number of hydrogen-bond donors (Lipinski definition) is 5. The van der Waals surface area contributed by atoms with Crippen LogP contribution in [0.2, 0.25) is 0 Å². The average Bonchev–Trinajstić information content (AvgIpc) is 2.93. The molecule has 3 amide bonds. The second-order valence-corrected chi connectivity index (χ2v) is 9.51. The number of nitrogens with zero attached hydrogens (tertiary/aromatic N) is 1. The van der Waals surface area contributed by atoms with Crippen molar-refractivity contribution in [2.45, 2.75) is 51.0 Å². The lowest BCUT2D eigenvalue weighted by Crippen LogP contribution is -2.31. The Labute approximate surface area is 224 Å². The van der Waals surface area contributed by atoms with Crippen molar-refractivity contribution in [2.75, 3.05) is 31.2 Å². The molecular weight excluding hydrogens is 493 g/mol. The van der Waals surface area contributed by atoms with Crippen LogP contribution in [-0.4, -0.2) is 61.5 Å². The lowest BCUT2D eigenvalue weighted by molar-refractivity contribution is -0.154. The first kappa shape index (κ1) is 30.2. The zero-order chi connectivity index (χ0) is 27.2. The molecule has 202 valence electrons. The smallest absolute Gasteiger partial charge is 0.257 e. The van der Waals surface area contributed by atoms with Crippen molar-refractivity contribution in [1.82, 2.24) is 15.8 Å². The Morgan fingerprint density at radius 2 is 2.03 bits per heavy atom. The summed E-state index contributed by atoms with van der Waals surface area (Å²) in [5.41, 5.74) is 4.24. The lowest BCUT2D eigenvalue weighted by atomic mass is 9.88. The van der Waals surface area contributed by atoms with Crippen molar-refractivity contribution in [3.8, 4) is 0 Å². The van der Waals surface area contributed by atoms with Crippen LogP contribution in [0, 0.1) is 11.3 Å². The minimum absolute atomic E-state index is 0.158. The van der Waals surface area contributed by atoms with E-state index in [2.05, 4.69) is 46.8 Å². The summed E-state index contributed by atoms with van der Waals surface area (Å²) < 4.78 is 13.1. The number of rotatable bonds is 17. The molecule has 0 saturated heterocycles. The molecule has 0 bridgehead atoms. The highest BCUT2D eigenvalue weighted by Gasteiger charge is 2.20. The average molecular weight is 532 g/mol. The standard InChI is InChI=1S/C27H38FN5O3S/c1-19(6-9-26(36)33(28)18-35)27(29)24-8-7-22(15-25(24)30-2)21(10-12-31-17-34)11-13-32-23-5-3-4-20(14-23)16-37/h3-5,7-8,15,17-19,21,23,29-30,32,37H,6,9-14,16H2,1-2H3,(H,31,34). The van der Waals surface area contributed by atoms with Gasteiger partial charge < -0.3 is 21.4 Å². The van der Waals surface area contributed by atoms with E-state index in [0.29, 0.717) is 24.2 Å². The van der Waals surface area contributed by atoms with Gasteiger partial charge in [-0.05, 0) is 55.7 Å². The summed E-state index contributed by atoms with van der Waals surface area (Å²) >= 11 is 4.38. The Bertz CT molecular complexity index is 1000. The van der Waals surface area contributed by atoms with E-state index in [9.17, 15) is 18.9 Å². The topological polar surface area (TPSA) is 114 Å². The lowest BCUT2D eigenvalue weighted by Gasteiger charge is -2.23. The largest absolute Gasteiger partial charge is 0.388 e. The number of carbonyl (C=O) groups excluding carboxylic acids is 3. The van der Waals surface area contributed by atoms with Crippen LogP contribution in [0.5, 0.6) is 0 Å². The first-order valence-electron chi connectivity index (χ1n) is 12.6. The van der Waals surface area contributed by atoms with E-state index in [0.717, 1.165) is 42.8 Å². The fourth-order valence-electron chi connectivity index (χ4n) is 4.41. The summed E-state index contributed by atoms with van der Waals surface area (Å²) in [4.78, 5) is 32.8. The van der Waals surface area contributed by atoms with E-state index < -0.39 is 11.0 Å². The van der Waals surface area contributed by atoms with E-state index >= 15 is 0 Å². The molecule has 0 radical (unpaired) electrons.